The fourth-order valence-electron chi connectivity index (χ4n) is 3.51. The van der Waals surface area contributed by atoms with Crippen LogP contribution in [0, 0.1) is 17.4 Å². The molecular weight excluding hydrogens is 445 g/mol. The first-order valence-electron chi connectivity index (χ1n) is 8.34. The molecule has 0 fully saturated rings. The zero-order chi connectivity index (χ0) is 19.0. The van der Waals surface area contributed by atoms with Crippen LogP contribution in [-0.2, 0) is 29.1 Å². The van der Waals surface area contributed by atoms with E-state index in [1.807, 2.05) is 44.2 Å². The molecule has 1 heterocycles. The van der Waals surface area contributed by atoms with Crippen LogP contribution < -0.4 is 0 Å². The van der Waals surface area contributed by atoms with E-state index in [2.05, 4.69) is 22.6 Å². The van der Waals surface area contributed by atoms with Gasteiger partial charge in [-0.2, -0.15) is 0 Å². The summed E-state index contributed by atoms with van der Waals surface area (Å²) < 4.78 is 0.720. The number of hydrogen-bond donors (Lipinski definition) is 2. The number of carboxylic acid groups (broad SMARTS) is 1. The van der Waals surface area contributed by atoms with Gasteiger partial charge in [-0.15, -0.1) is 0 Å². The molecule has 1 unspecified atom stereocenters. The topological polar surface area (TPSA) is 77.8 Å². The molecule has 1 aliphatic rings. The van der Waals surface area contributed by atoms with Crippen molar-refractivity contribution in [3.05, 3.63) is 67.3 Å². The maximum atomic E-state index is 12.6. The van der Waals surface area contributed by atoms with Crippen LogP contribution >= 0.6 is 22.6 Å². The number of amides is 1. The molecule has 0 saturated heterocycles. The summed E-state index contributed by atoms with van der Waals surface area (Å²) in [6, 6.07) is 9.78. The molecule has 3 rings (SSSR count). The molecule has 136 valence electrons. The minimum absolute atomic E-state index is 0.0613. The first kappa shape index (κ1) is 18.8. The molecule has 1 amide bonds. The number of fused-ring (bicyclic) bond motifs is 1. The van der Waals surface area contributed by atoms with E-state index in [-0.39, 0.29) is 5.91 Å². The number of carbonyl (C=O) groups is 2. The number of rotatable bonds is 4. The fourth-order valence-corrected chi connectivity index (χ4v) is 4.53. The number of aliphatic carboxylic acids is 1. The Hall–Kier alpha value is -1.93. The standard InChI is InChI=1S/C20H20INO4/c1-11-15-10-22(9-13-6-4-3-5-7-13)16(23)8-14(15)12(2)18(21)17(11)19(24)20(25)26/h3-7,19,24H,8-10H2,1-2H3,(H,25,26). The van der Waals surface area contributed by atoms with E-state index >= 15 is 0 Å². The van der Waals surface area contributed by atoms with Gasteiger partial charge in [0, 0.05) is 22.2 Å². The molecule has 2 aromatic rings. The van der Waals surface area contributed by atoms with E-state index < -0.39 is 12.1 Å². The lowest BCUT2D eigenvalue weighted by Gasteiger charge is -2.33. The summed E-state index contributed by atoms with van der Waals surface area (Å²) in [5.74, 6) is -1.20. The van der Waals surface area contributed by atoms with E-state index in [9.17, 15) is 19.8 Å². The van der Waals surface area contributed by atoms with E-state index in [0.717, 1.165) is 31.4 Å². The van der Waals surface area contributed by atoms with Crippen LogP contribution in [0.1, 0.15) is 39.5 Å². The van der Waals surface area contributed by atoms with Gasteiger partial charge in [0.2, 0.25) is 5.91 Å². The number of carboxylic acids is 1. The van der Waals surface area contributed by atoms with Crippen molar-refractivity contribution in [2.24, 2.45) is 0 Å². The molecule has 1 atom stereocenters. The SMILES string of the molecule is Cc1c(I)c(C(O)C(=O)O)c(C)c2c1CC(=O)N(Cc1ccccc1)C2. The monoisotopic (exact) mass is 465 g/mol. The molecule has 0 aromatic heterocycles. The third kappa shape index (κ3) is 3.35. The smallest absolute Gasteiger partial charge is 0.337 e. The van der Waals surface area contributed by atoms with Gasteiger partial charge >= 0.3 is 5.97 Å². The van der Waals surface area contributed by atoms with Gasteiger partial charge in [-0.25, -0.2) is 4.79 Å². The molecular formula is C20H20INO4. The second-order valence-corrected chi connectivity index (χ2v) is 7.67. The van der Waals surface area contributed by atoms with Gasteiger partial charge in [0.05, 0.1) is 6.42 Å². The minimum Gasteiger partial charge on any atom is -0.479 e. The number of hydrogen-bond acceptors (Lipinski definition) is 3. The second-order valence-electron chi connectivity index (χ2n) is 6.59. The Labute approximate surface area is 165 Å². The number of halogens is 1. The van der Waals surface area contributed by atoms with Gasteiger partial charge < -0.3 is 15.1 Å². The average molecular weight is 465 g/mol. The van der Waals surface area contributed by atoms with Crippen LogP contribution in [0.2, 0.25) is 0 Å². The van der Waals surface area contributed by atoms with Crippen molar-refractivity contribution in [3.8, 4) is 0 Å². The van der Waals surface area contributed by atoms with Crippen molar-refractivity contribution in [2.45, 2.75) is 39.5 Å². The molecule has 0 radical (unpaired) electrons. The van der Waals surface area contributed by atoms with Crippen molar-refractivity contribution in [1.82, 2.24) is 4.90 Å². The predicted molar refractivity (Wildman–Crippen MR) is 106 cm³/mol. The summed E-state index contributed by atoms with van der Waals surface area (Å²) in [6.45, 7) is 4.66. The average Bonchev–Trinajstić information content (AvgIpc) is 2.62. The molecule has 26 heavy (non-hydrogen) atoms. The van der Waals surface area contributed by atoms with Crippen molar-refractivity contribution in [1.29, 1.82) is 0 Å². The number of nitrogens with zero attached hydrogens (tertiary/aromatic N) is 1. The normalized spacial score (nSPS) is 14.9. The van der Waals surface area contributed by atoms with Crippen LogP contribution in [0.25, 0.3) is 0 Å². The molecule has 0 aliphatic carbocycles. The highest BCUT2D eigenvalue weighted by atomic mass is 127. The first-order valence-corrected chi connectivity index (χ1v) is 9.42. The Morgan fingerprint density at radius 1 is 1.19 bits per heavy atom. The summed E-state index contributed by atoms with van der Waals surface area (Å²) in [6.07, 6.45) is -1.26. The second kappa shape index (κ2) is 7.36. The zero-order valence-electron chi connectivity index (χ0n) is 14.6. The Kier molecular flexibility index (Phi) is 5.34. The molecule has 6 heteroatoms. The molecule has 5 nitrogen and oxygen atoms in total. The maximum Gasteiger partial charge on any atom is 0.337 e. The van der Waals surface area contributed by atoms with Crippen LogP contribution in [0.3, 0.4) is 0 Å². The molecule has 2 N–H and O–H groups in total. The fraction of sp³-hybridized carbons (Fsp3) is 0.300. The minimum atomic E-state index is -1.56. The predicted octanol–water partition coefficient (Wildman–Crippen LogP) is 3.11. The van der Waals surface area contributed by atoms with Crippen LogP contribution in [0.4, 0.5) is 0 Å². The Balaban J connectivity index is 2.03. The molecule has 0 bridgehead atoms. The number of carbonyl (C=O) groups excluding carboxylic acids is 1. The Bertz CT molecular complexity index is 879. The van der Waals surface area contributed by atoms with Crippen LogP contribution in [0.5, 0.6) is 0 Å². The lowest BCUT2D eigenvalue weighted by molar-refractivity contribution is -0.147. The van der Waals surface area contributed by atoms with Gasteiger partial charge in [0.25, 0.3) is 0 Å². The van der Waals surface area contributed by atoms with Gasteiger partial charge in [-0.1, -0.05) is 30.3 Å². The highest BCUT2D eigenvalue weighted by Crippen LogP contribution is 2.36. The highest BCUT2D eigenvalue weighted by Gasteiger charge is 2.31. The summed E-state index contributed by atoms with van der Waals surface area (Å²) in [7, 11) is 0. The molecule has 2 aromatic carbocycles. The van der Waals surface area contributed by atoms with Crippen molar-refractivity contribution in [3.63, 3.8) is 0 Å². The Morgan fingerprint density at radius 3 is 2.46 bits per heavy atom. The van der Waals surface area contributed by atoms with Gasteiger partial charge in [-0.05, 0) is 64.3 Å². The van der Waals surface area contributed by atoms with Gasteiger partial charge in [0.1, 0.15) is 0 Å². The number of benzene rings is 2. The van der Waals surface area contributed by atoms with Crippen molar-refractivity contribution in [2.75, 3.05) is 0 Å². The largest absolute Gasteiger partial charge is 0.479 e. The van der Waals surface area contributed by atoms with Crippen LogP contribution in [-0.4, -0.2) is 27.0 Å². The van der Waals surface area contributed by atoms with Crippen molar-refractivity contribution < 1.29 is 19.8 Å². The quantitative estimate of drug-likeness (QED) is 0.681. The van der Waals surface area contributed by atoms with E-state index in [4.69, 9.17) is 0 Å². The van der Waals surface area contributed by atoms with Gasteiger partial charge in [-0.3, -0.25) is 4.79 Å². The first-order chi connectivity index (χ1) is 12.3. The number of aliphatic hydroxyl groups is 1. The van der Waals surface area contributed by atoms with E-state index in [0.29, 0.717) is 25.1 Å². The molecule has 0 saturated carbocycles. The molecule has 1 aliphatic heterocycles. The third-order valence-electron chi connectivity index (χ3n) is 4.99. The lowest BCUT2D eigenvalue weighted by atomic mass is 9.86. The van der Waals surface area contributed by atoms with Gasteiger partial charge in [0.15, 0.2) is 6.10 Å². The number of aliphatic hydroxyl groups excluding tert-OH is 1. The van der Waals surface area contributed by atoms with E-state index in [1.165, 1.54) is 0 Å². The zero-order valence-corrected chi connectivity index (χ0v) is 16.8. The van der Waals surface area contributed by atoms with E-state index in [1.54, 1.807) is 4.90 Å². The summed E-state index contributed by atoms with van der Waals surface area (Å²) in [4.78, 5) is 25.8. The Morgan fingerprint density at radius 2 is 1.85 bits per heavy atom. The summed E-state index contributed by atoms with van der Waals surface area (Å²) in [5.41, 5.74) is 5.04. The third-order valence-corrected chi connectivity index (χ3v) is 6.38. The lowest BCUT2D eigenvalue weighted by Crippen LogP contribution is -2.37. The van der Waals surface area contributed by atoms with Crippen molar-refractivity contribution >= 4 is 34.5 Å². The summed E-state index contributed by atoms with van der Waals surface area (Å²) in [5, 5.41) is 19.4. The van der Waals surface area contributed by atoms with Crippen LogP contribution in [0.15, 0.2) is 30.3 Å². The highest BCUT2D eigenvalue weighted by molar-refractivity contribution is 14.1. The maximum absolute atomic E-state index is 12.6. The summed E-state index contributed by atoms with van der Waals surface area (Å²) >= 11 is 2.07. The molecule has 0 spiro atoms.